The molecule has 0 aliphatic carbocycles. The van der Waals surface area contributed by atoms with Crippen LogP contribution in [0.3, 0.4) is 0 Å². The normalized spacial score (nSPS) is 10.4. The van der Waals surface area contributed by atoms with Gasteiger partial charge in [0.25, 0.3) is 5.91 Å². The number of anilines is 1. The van der Waals surface area contributed by atoms with E-state index in [0.29, 0.717) is 29.1 Å². The van der Waals surface area contributed by atoms with E-state index < -0.39 is 0 Å². The van der Waals surface area contributed by atoms with Crippen LogP contribution in [0.2, 0.25) is 0 Å². The van der Waals surface area contributed by atoms with Gasteiger partial charge in [0.05, 0.1) is 24.0 Å². The Morgan fingerprint density at radius 1 is 1.06 bits per heavy atom. The lowest BCUT2D eigenvalue weighted by atomic mass is 10.1. The van der Waals surface area contributed by atoms with Crippen molar-refractivity contribution in [3.8, 4) is 11.8 Å². The summed E-state index contributed by atoms with van der Waals surface area (Å²) in [6.45, 7) is 0.697. The minimum Gasteiger partial charge on any atom is -0.488 e. The van der Waals surface area contributed by atoms with E-state index >= 15 is 0 Å². The van der Waals surface area contributed by atoms with Crippen LogP contribution in [0.4, 0.5) is 10.1 Å². The number of carbonyl (C=O) groups is 1. The fraction of sp³-hybridized carbons (Fsp3) is 0.0800. The van der Waals surface area contributed by atoms with E-state index in [-0.39, 0.29) is 18.3 Å². The van der Waals surface area contributed by atoms with Gasteiger partial charge in [-0.1, -0.05) is 36.4 Å². The largest absolute Gasteiger partial charge is 0.488 e. The van der Waals surface area contributed by atoms with Gasteiger partial charge in [-0.05, 0) is 47.5 Å². The molecule has 0 aliphatic rings. The van der Waals surface area contributed by atoms with Crippen LogP contribution in [0.25, 0.3) is 0 Å². The van der Waals surface area contributed by atoms with Gasteiger partial charge in [0.2, 0.25) is 0 Å². The number of hydrogen-bond donors (Lipinski definition) is 1. The van der Waals surface area contributed by atoms with E-state index in [0.717, 1.165) is 11.1 Å². The van der Waals surface area contributed by atoms with Crippen molar-refractivity contribution in [3.05, 3.63) is 113 Å². The average molecular weight is 426 g/mol. The number of nitrogens with one attached hydrogen (secondary N) is 1. The summed E-state index contributed by atoms with van der Waals surface area (Å²) in [7, 11) is 0. The van der Waals surface area contributed by atoms with Gasteiger partial charge in [0.15, 0.2) is 0 Å². The molecule has 0 atom stereocenters. The average Bonchev–Trinajstić information content (AvgIpc) is 3.26. The molecule has 1 N–H and O–H groups in total. The Balaban J connectivity index is 1.38. The van der Waals surface area contributed by atoms with E-state index in [1.54, 1.807) is 71.7 Å². The van der Waals surface area contributed by atoms with Crippen LogP contribution in [0.1, 0.15) is 27.0 Å². The SMILES string of the molecule is N#Cc1ccccc1OCc1cccc(C(=O)Nc2cnn(Cc3ccc(F)cc3)c2)c1. The highest BCUT2D eigenvalue weighted by Gasteiger charge is 2.10. The van der Waals surface area contributed by atoms with Gasteiger partial charge >= 0.3 is 0 Å². The Bertz CT molecular complexity index is 1280. The second kappa shape index (κ2) is 9.58. The van der Waals surface area contributed by atoms with E-state index in [4.69, 9.17) is 10.00 Å². The first-order chi connectivity index (χ1) is 15.6. The fourth-order valence-corrected chi connectivity index (χ4v) is 3.14. The molecular formula is C25H19FN4O2. The molecule has 158 valence electrons. The predicted molar refractivity (Wildman–Crippen MR) is 118 cm³/mol. The van der Waals surface area contributed by atoms with E-state index in [1.165, 1.54) is 12.1 Å². The third-order valence-corrected chi connectivity index (χ3v) is 4.74. The van der Waals surface area contributed by atoms with Crippen molar-refractivity contribution in [2.24, 2.45) is 0 Å². The van der Waals surface area contributed by atoms with Crippen molar-refractivity contribution in [3.63, 3.8) is 0 Å². The van der Waals surface area contributed by atoms with Crippen molar-refractivity contribution in [1.29, 1.82) is 5.26 Å². The molecule has 1 amide bonds. The lowest BCUT2D eigenvalue weighted by molar-refractivity contribution is 0.102. The Morgan fingerprint density at radius 2 is 1.88 bits per heavy atom. The first-order valence-corrected chi connectivity index (χ1v) is 9.90. The molecule has 0 radical (unpaired) electrons. The van der Waals surface area contributed by atoms with E-state index in [1.807, 2.05) is 6.07 Å². The third-order valence-electron chi connectivity index (χ3n) is 4.74. The number of nitriles is 1. The number of halogens is 1. The maximum absolute atomic E-state index is 13.0. The summed E-state index contributed by atoms with van der Waals surface area (Å²) in [5.41, 5.74) is 3.20. The van der Waals surface area contributed by atoms with E-state index in [9.17, 15) is 9.18 Å². The van der Waals surface area contributed by atoms with Gasteiger partial charge < -0.3 is 10.1 Å². The minimum atomic E-state index is -0.288. The quantitative estimate of drug-likeness (QED) is 0.462. The third kappa shape index (κ3) is 5.18. The van der Waals surface area contributed by atoms with Gasteiger partial charge in [0, 0.05) is 11.8 Å². The number of carbonyl (C=O) groups excluding carboxylic acids is 1. The van der Waals surface area contributed by atoms with Crippen LogP contribution in [0.15, 0.2) is 85.2 Å². The lowest BCUT2D eigenvalue weighted by Crippen LogP contribution is -2.12. The molecule has 0 saturated carbocycles. The summed E-state index contributed by atoms with van der Waals surface area (Å²) in [5.74, 6) is -0.0619. The molecule has 0 bridgehead atoms. The molecule has 6 nitrogen and oxygen atoms in total. The van der Waals surface area contributed by atoms with Crippen LogP contribution >= 0.6 is 0 Å². The lowest BCUT2D eigenvalue weighted by Gasteiger charge is -2.09. The van der Waals surface area contributed by atoms with Gasteiger partial charge in [0.1, 0.15) is 24.2 Å². The van der Waals surface area contributed by atoms with Crippen molar-refractivity contribution < 1.29 is 13.9 Å². The summed E-state index contributed by atoms with van der Waals surface area (Å²) in [4.78, 5) is 12.7. The van der Waals surface area contributed by atoms with Crippen LogP contribution in [-0.2, 0) is 13.2 Å². The molecule has 32 heavy (non-hydrogen) atoms. The molecule has 4 aromatic rings. The highest BCUT2D eigenvalue weighted by Crippen LogP contribution is 2.19. The van der Waals surface area contributed by atoms with Crippen molar-refractivity contribution in [1.82, 2.24) is 9.78 Å². The number of amides is 1. The Labute approximate surface area is 184 Å². The first kappa shape index (κ1) is 20.8. The number of benzene rings is 3. The predicted octanol–water partition coefficient (Wildman–Crippen LogP) is 4.77. The molecule has 0 aliphatic heterocycles. The summed E-state index contributed by atoms with van der Waals surface area (Å²) in [5, 5.41) is 16.2. The monoisotopic (exact) mass is 426 g/mol. The van der Waals surface area contributed by atoms with Gasteiger partial charge in [-0.15, -0.1) is 0 Å². The number of hydrogen-bond acceptors (Lipinski definition) is 4. The maximum atomic E-state index is 13.0. The second-order valence-corrected chi connectivity index (χ2v) is 7.10. The summed E-state index contributed by atoms with van der Waals surface area (Å²) < 4.78 is 20.5. The zero-order valence-electron chi connectivity index (χ0n) is 17.0. The van der Waals surface area contributed by atoms with Crippen LogP contribution < -0.4 is 10.1 Å². The standard InChI is InChI=1S/C25H19FN4O2/c26-22-10-8-18(9-11-22)15-30-16-23(14-28-30)29-25(31)20-6-3-4-19(12-20)17-32-24-7-2-1-5-21(24)13-27/h1-12,14,16H,15,17H2,(H,29,31). The van der Waals surface area contributed by atoms with Crippen molar-refractivity contribution in [2.75, 3.05) is 5.32 Å². The van der Waals surface area contributed by atoms with Crippen LogP contribution in [-0.4, -0.2) is 15.7 Å². The van der Waals surface area contributed by atoms with Gasteiger partial charge in [-0.2, -0.15) is 10.4 Å². The van der Waals surface area contributed by atoms with Crippen LogP contribution in [0.5, 0.6) is 5.75 Å². The zero-order chi connectivity index (χ0) is 22.3. The second-order valence-electron chi connectivity index (χ2n) is 7.10. The number of nitrogens with zero attached hydrogens (tertiary/aromatic N) is 3. The van der Waals surface area contributed by atoms with Crippen molar-refractivity contribution in [2.45, 2.75) is 13.2 Å². The molecule has 0 saturated heterocycles. The highest BCUT2D eigenvalue weighted by molar-refractivity contribution is 6.04. The number of aromatic nitrogens is 2. The molecule has 0 unspecified atom stereocenters. The molecule has 7 heteroatoms. The molecule has 1 aromatic heterocycles. The fourth-order valence-electron chi connectivity index (χ4n) is 3.14. The topological polar surface area (TPSA) is 79.9 Å². The summed E-state index contributed by atoms with van der Waals surface area (Å²) >= 11 is 0. The zero-order valence-corrected chi connectivity index (χ0v) is 17.0. The Kier molecular flexibility index (Phi) is 6.23. The molecule has 4 rings (SSSR count). The smallest absolute Gasteiger partial charge is 0.255 e. The number of rotatable bonds is 7. The maximum Gasteiger partial charge on any atom is 0.255 e. The van der Waals surface area contributed by atoms with Gasteiger partial charge in [-0.25, -0.2) is 4.39 Å². The number of para-hydroxylation sites is 1. The molecule has 3 aromatic carbocycles. The Morgan fingerprint density at radius 3 is 2.69 bits per heavy atom. The highest BCUT2D eigenvalue weighted by atomic mass is 19.1. The molecule has 1 heterocycles. The molecular weight excluding hydrogens is 407 g/mol. The molecule has 0 spiro atoms. The number of ether oxygens (including phenoxy) is 1. The minimum absolute atomic E-state index is 0.232. The summed E-state index contributed by atoms with van der Waals surface area (Å²) in [6, 6.07) is 22.4. The van der Waals surface area contributed by atoms with E-state index in [2.05, 4.69) is 16.5 Å². The molecule has 0 fully saturated rings. The Hall–Kier alpha value is -4.44. The van der Waals surface area contributed by atoms with Crippen molar-refractivity contribution >= 4 is 11.6 Å². The van der Waals surface area contributed by atoms with Crippen LogP contribution in [0, 0.1) is 17.1 Å². The first-order valence-electron chi connectivity index (χ1n) is 9.90. The van der Waals surface area contributed by atoms with Gasteiger partial charge in [-0.3, -0.25) is 9.48 Å². The summed E-state index contributed by atoms with van der Waals surface area (Å²) in [6.07, 6.45) is 3.28.